The van der Waals surface area contributed by atoms with Crippen LogP contribution < -0.4 is 0 Å². The maximum absolute atomic E-state index is 12.2. The SMILES string of the molecule is CC1(C)CC(OCCC[N+](C)(C)C)CC(C)(C)N1[O]. The number of hydrogen-bond acceptors (Lipinski definition) is 2. The third-order valence-electron chi connectivity index (χ3n) is 3.88. The van der Waals surface area contributed by atoms with Gasteiger partial charge in [0.05, 0.1) is 40.4 Å². The van der Waals surface area contributed by atoms with Crippen molar-refractivity contribution < 1.29 is 14.4 Å². The van der Waals surface area contributed by atoms with Crippen LogP contribution in [0.15, 0.2) is 0 Å². The first-order valence-electron chi connectivity index (χ1n) is 7.34. The standard InChI is InChI=1S/C15H32N2O2/c1-14(2)11-13(12-15(3,4)16(14)18)19-10-8-9-17(5,6)7/h13H,8-12H2,1-7H3/q+1. The van der Waals surface area contributed by atoms with E-state index in [0.717, 1.165) is 36.9 Å². The van der Waals surface area contributed by atoms with Crippen LogP contribution in [-0.2, 0) is 9.94 Å². The topological polar surface area (TPSA) is 32.4 Å². The number of hydroxylamine groups is 2. The minimum atomic E-state index is -0.327. The fourth-order valence-corrected chi connectivity index (χ4v) is 3.08. The number of piperidine rings is 1. The molecule has 0 saturated carbocycles. The van der Waals surface area contributed by atoms with E-state index in [1.54, 1.807) is 0 Å². The summed E-state index contributed by atoms with van der Waals surface area (Å²) in [7, 11) is 6.59. The van der Waals surface area contributed by atoms with Crippen LogP contribution in [0.2, 0.25) is 0 Å². The van der Waals surface area contributed by atoms with Crippen LogP contribution in [0.25, 0.3) is 0 Å². The number of ether oxygens (including phenoxy) is 1. The van der Waals surface area contributed by atoms with E-state index in [1.807, 2.05) is 27.7 Å². The Kier molecular flexibility index (Phi) is 5.05. The van der Waals surface area contributed by atoms with E-state index in [-0.39, 0.29) is 17.2 Å². The fraction of sp³-hybridized carbons (Fsp3) is 1.00. The second-order valence-corrected chi connectivity index (χ2v) is 8.19. The lowest BCUT2D eigenvalue weighted by molar-refractivity contribution is -0.870. The van der Waals surface area contributed by atoms with Gasteiger partial charge in [-0.2, -0.15) is 0 Å². The molecule has 113 valence electrons. The maximum Gasteiger partial charge on any atom is 0.0802 e. The Labute approximate surface area is 118 Å². The molecule has 1 saturated heterocycles. The zero-order valence-corrected chi connectivity index (χ0v) is 13.8. The van der Waals surface area contributed by atoms with Gasteiger partial charge in [0.25, 0.3) is 0 Å². The molecule has 0 aromatic rings. The molecule has 4 nitrogen and oxygen atoms in total. The lowest BCUT2D eigenvalue weighted by atomic mass is 9.80. The Balaban J connectivity index is 2.44. The van der Waals surface area contributed by atoms with Crippen LogP contribution in [0.5, 0.6) is 0 Å². The molecule has 1 radical (unpaired) electrons. The van der Waals surface area contributed by atoms with E-state index in [2.05, 4.69) is 21.1 Å². The number of quaternary nitrogens is 1. The van der Waals surface area contributed by atoms with Crippen LogP contribution in [0.3, 0.4) is 0 Å². The second-order valence-electron chi connectivity index (χ2n) is 8.19. The van der Waals surface area contributed by atoms with Gasteiger partial charge < -0.3 is 9.22 Å². The number of nitrogens with zero attached hydrogens (tertiary/aromatic N) is 2. The molecule has 0 aromatic carbocycles. The molecule has 1 heterocycles. The molecule has 0 unspecified atom stereocenters. The van der Waals surface area contributed by atoms with Gasteiger partial charge in [-0.05, 0) is 40.5 Å². The summed E-state index contributed by atoms with van der Waals surface area (Å²) in [6, 6.07) is 0. The quantitative estimate of drug-likeness (QED) is 0.569. The zero-order valence-electron chi connectivity index (χ0n) is 13.8. The molecule has 19 heavy (non-hydrogen) atoms. The van der Waals surface area contributed by atoms with Crippen molar-refractivity contribution in [2.45, 2.75) is 64.1 Å². The van der Waals surface area contributed by atoms with E-state index in [9.17, 15) is 5.21 Å². The Morgan fingerprint density at radius 2 is 1.58 bits per heavy atom. The lowest BCUT2D eigenvalue weighted by Gasteiger charge is -2.49. The summed E-state index contributed by atoms with van der Waals surface area (Å²) >= 11 is 0. The minimum absolute atomic E-state index is 0.211. The van der Waals surface area contributed by atoms with Gasteiger partial charge in [0, 0.05) is 17.5 Å². The largest absolute Gasteiger partial charge is 0.378 e. The van der Waals surface area contributed by atoms with Crippen LogP contribution in [0.4, 0.5) is 0 Å². The summed E-state index contributed by atoms with van der Waals surface area (Å²) in [5, 5.41) is 13.5. The Morgan fingerprint density at radius 1 is 1.11 bits per heavy atom. The molecular weight excluding hydrogens is 240 g/mol. The zero-order chi connectivity index (χ0) is 14.9. The van der Waals surface area contributed by atoms with Gasteiger partial charge in [0.15, 0.2) is 0 Å². The molecule has 0 amide bonds. The van der Waals surface area contributed by atoms with Gasteiger partial charge in [0.1, 0.15) is 0 Å². The van der Waals surface area contributed by atoms with Crippen LogP contribution in [-0.4, -0.2) is 61.0 Å². The molecule has 0 aromatic heterocycles. The van der Waals surface area contributed by atoms with Crippen molar-refractivity contribution in [2.75, 3.05) is 34.3 Å². The summed E-state index contributed by atoms with van der Waals surface area (Å²) in [5.74, 6) is 0. The molecule has 0 bridgehead atoms. The van der Waals surface area contributed by atoms with E-state index < -0.39 is 0 Å². The first kappa shape index (κ1) is 16.9. The number of hydrogen-bond donors (Lipinski definition) is 0. The molecule has 1 aliphatic rings. The summed E-state index contributed by atoms with van der Waals surface area (Å²) in [6.07, 6.45) is 2.93. The fourth-order valence-electron chi connectivity index (χ4n) is 3.08. The minimum Gasteiger partial charge on any atom is -0.378 e. The van der Waals surface area contributed by atoms with Crippen molar-refractivity contribution in [3.63, 3.8) is 0 Å². The summed E-state index contributed by atoms with van der Waals surface area (Å²) in [6.45, 7) is 9.98. The molecule has 0 N–H and O–H groups in total. The first-order chi connectivity index (χ1) is 8.44. The molecule has 4 heteroatoms. The van der Waals surface area contributed by atoms with Crippen molar-refractivity contribution in [3.05, 3.63) is 0 Å². The van der Waals surface area contributed by atoms with Gasteiger partial charge in [0.2, 0.25) is 0 Å². The Hall–Kier alpha value is -0.160. The van der Waals surface area contributed by atoms with Crippen molar-refractivity contribution in [2.24, 2.45) is 0 Å². The lowest BCUT2D eigenvalue weighted by Crippen LogP contribution is -2.59. The van der Waals surface area contributed by atoms with Gasteiger partial charge in [-0.25, -0.2) is 0 Å². The van der Waals surface area contributed by atoms with Gasteiger partial charge in [-0.15, -0.1) is 10.3 Å². The molecule has 0 atom stereocenters. The van der Waals surface area contributed by atoms with E-state index in [0.29, 0.717) is 0 Å². The highest BCUT2D eigenvalue weighted by molar-refractivity contribution is 4.96. The molecule has 1 fully saturated rings. The van der Waals surface area contributed by atoms with E-state index >= 15 is 0 Å². The molecule has 1 rings (SSSR count). The summed E-state index contributed by atoms with van der Waals surface area (Å²) in [4.78, 5) is 0. The Morgan fingerprint density at radius 3 is 2.00 bits per heavy atom. The van der Waals surface area contributed by atoms with Gasteiger partial charge >= 0.3 is 0 Å². The van der Waals surface area contributed by atoms with Crippen molar-refractivity contribution in [1.82, 2.24) is 5.06 Å². The van der Waals surface area contributed by atoms with Crippen LogP contribution in [0, 0.1) is 0 Å². The monoisotopic (exact) mass is 272 g/mol. The summed E-state index contributed by atoms with van der Waals surface area (Å²) < 4.78 is 6.99. The van der Waals surface area contributed by atoms with Crippen molar-refractivity contribution in [1.29, 1.82) is 0 Å². The van der Waals surface area contributed by atoms with Gasteiger partial charge in [-0.3, -0.25) is 0 Å². The van der Waals surface area contributed by atoms with Crippen LogP contribution >= 0.6 is 0 Å². The van der Waals surface area contributed by atoms with Gasteiger partial charge in [-0.1, -0.05) is 0 Å². The molecule has 1 aliphatic heterocycles. The molecule has 0 aliphatic carbocycles. The average Bonchev–Trinajstić information content (AvgIpc) is 2.19. The average molecular weight is 272 g/mol. The third kappa shape index (κ3) is 5.03. The maximum atomic E-state index is 12.2. The predicted molar refractivity (Wildman–Crippen MR) is 77.2 cm³/mol. The predicted octanol–water partition coefficient (Wildman–Crippen LogP) is 2.47. The van der Waals surface area contributed by atoms with Crippen LogP contribution in [0.1, 0.15) is 47.0 Å². The summed E-state index contributed by atoms with van der Waals surface area (Å²) in [5.41, 5.74) is -0.654. The van der Waals surface area contributed by atoms with Crippen molar-refractivity contribution >= 4 is 0 Å². The molecule has 0 spiro atoms. The highest BCUT2D eigenvalue weighted by atomic mass is 16.5. The molecular formula is C15H32N2O2+. The Bertz CT molecular complexity index is 277. The first-order valence-corrected chi connectivity index (χ1v) is 7.34. The second kappa shape index (κ2) is 5.68. The third-order valence-corrected chi connectivity index (χ3v) is 3.88. The highest BCUT2D eigenvalue weighted by Crippen LogP contribution is 2.38. The highest BCUT2D eigenvalue weighted by Gasteiger charge is 2.46. The van der Waals surface area contributed by atoms with E-state index in [1.165, 1.54) is 5.06 Å². The van der Waals surface area contributed by atoms with Crippen molar-refractivity contribution in [3.8, 4) is 0 Å². The number of rotatable bonds is 5. The van der Waals surface area contributed by atoms with E-state index in [4.69, 9.17) is 4.74 Å². The normalized spacial score (nSPS) is 24.6. The smallest absolute Gasteiger partial charge is 0.0802 e.